The molecule has 208 valence electrons. The molecule has 40 heavy (non-hydrogen) atoms. The van der Waals surface area contributed by atoms with Crippen LogP contribution in [0.2, 0.25) is 0 Å². The third-order valence-electron chi connectivity index (χ3n) is 7.15. The molecule has 6 nitrogen and oxygen atoms in total. The Hall–Kier alpha value is -3.71. The molecule has 2 amide bonds. The number of rotatable bonds is 8. The Balaban J connectivity index is 0.00000220. The first-order valence-corrected chi connectivity index (χ1v) is 13.1. The average molecular weight is 578 g/mol. The second kappa shape index (κ2) is 14.6. The highest BCUT2D eigenvalue weighted by Crippen LogP contribution is 2.29. The van der Waals surface area contributed by atoms with E-state index in [2.05, 4.69) is 10.3 Å². The maximum atomic E-state index is 13.3. The molecule has 0 spiro atoms. The van der Waals surface area contributed by atoms with Crippen LogP contribution in [0.5, 0.6) is 0 Å². The minimum Gasteiger partial charge on any atom is -0.342 e. The van der Waals surface area contributed by atoms with Crippen molar-refractivity contribution in [2.45, 2.75) is 31.2 Å². The fourth-order valence-corrected chi connectivity index (χ4v) is 5.13. The number of hydrogen-bond donors (Lipinski definition) is 2. The second-order valence-corrected chi connectivity index (χ2v) is 9.69. The highest BCUT2D eigenvalue weighted by molar-refractivity contribution is 5.96. The van der Waals surface area contributed by atoms with Crippen molar-refractivity contribution in [2.24, 2.45) is 5.73 Å². The van der Waals surface area contributed by atoms with Crippen molar-refractivity contribution < 1.29 is 9.59 Å². The van der Waals surface area contributed by atoms with Crippen molar-refractivity contribution in [1.29, 1.82) is 0 Å². The zero-order valence-corrected chi connectivity index (χ0v) is 23.7. The molecule has 3 aromatic carbocycles. The summed E-state index contributed by atoms with van der Waals surface area (Å²) in [6.45, 7) is 1.67. The molecule has 5 rings (SSSR count). The first-order valence-electron chi connectivity index (χ1n) is 13.1. The van der Waals surface area contributed by atoms with Crippen molar-refractivity contribution in [1.82, 2.24) is 9.88 Å². The lowest BCUT2D eigenvalue weighted by atomic mass is 9.85. The second-order valence-electron chi connectivity index (χ2n) is 9.69. The van der Waals surface area contributed by atoms with Crippen LogP contribution in [0, 0.1) is 0 Å². The number of benzene rings is 3. The van der Waals surface area contributed by atoms with Gasteiger partial charge in [0.1, 0.15) is 0 Å². The standard InChI is InChI=1S/C32H32N4O2.2ClH/c33-31(30(24-9-3-1-4-10-24)25-11-5-2-6-12-25)32(38)35-27-15-13-23(14-16-27)28-17-18-34-22-26(28)21-29(37)36-19-7-8-20-36;;/h1-6,9-18,22,30-31H,7-8,19-21,33H2,(H,35,38);2*1H/t31-;;/m0../s1. The Morgan fingerprint density at radius 2 is 1.40 bits per heavy atom. The van der Waals surface area contributed by atoms with Crippen molar-refractivity contribution in [3.8, 4) is 11.1 Å². The Bertz CT molecular complexity index is 1340. The molecular formula is C32H34Cl2N4O2. The quantitative estimate of drug-likeness (QED) is 0.275. The molecule has 8 heteroatoms. The molecule has 2 heterocycles. The van der Waals surface area contributed by atoms with Crippen molar-refractivity contribution >= 4 is 42.3 Å². The van der Waals surface area contributed by atoms with Crippen molar-refractivity contribution in [3.63, 3.8) is 0 Å². The molecule has 1 saturated heterocycles. The van der Waals surface area contributed by atoms with Gasteiger partial charge in [-0.1, -0.05) is 72.8 Å². The Morgan fingerprint density at radius 3 is 1.98 bits per heavy atom. The van der Waals surface area contributed by atoms with Crippen LogP contribution in [0.15, 0.2) is 103 Å². The first-order chi connectivity index (χ1) is 18.6. The number of halogens is 2. The number of carbonyl (C=O) groups excluding carboxylic acids is 2. The van der Waals surface area contributed by atoms with Gasteiger partial charge in [-0.05, 0) is 58.9 Å². The number of amides is 2. The zero-order chi connectivity index (χ0) is 26.3. The molecule has 1 atom stereocenters. The molecular weight excluding hydrogens is 543 g/mol. The summed E-state index contributed by atoms with van der Waals surface area (Å²) in [5, 5.41) is 2.99. The molecule has 3 N–H and O–H groups in total. The van der Waals surface area contributed by atoms with Crippen LogP contribution in [0.4, 0.5) is 5.69 Å². The number of nitrogens with one attached hydrogen (secondary N) is 1. The van der Waals surface area contributed by atoms with Gasteiger partial charge in [-0.2, -0.15) is 0 Å². The molecule has 0 radical (unpaired) electrons. The number of likely N-dealkylation sites (tertiary alicyclic amines) is 1. The molecule has 0 unspecified atom stereocenters. The molecule has 1 aliphatic heterocycles. The van der Waals surface area contributed by atoms with E-state index in [1.54, 1.807) is 12.4 Å². The van der Waals surface area contributed by atoms with Crippen LogP contribution in [-0.4, -0.2) is 40.8 Å². The van der Waals surface area contributed by atoms with E-state index in [-0.39, 0.29) is 42.5 Å². The van der Waals surface area contributed by atoms with E-state index >= 15 is 0 Å². The molecule has 0 saturated carbocycles. The van der Waals surface area contributed by atoms with Crippen LogP contribution in [0.25, 0.3) is 11.1 Å². The summed E-state index contributed by atoms with van der Waals surface area (Å²) >= 11 is 0. The van der Waals surface area contributed by atoms with Crippen LogP contribution in [0.3, 0.4) is 0 Å². The minimum atomic E-state index is -0.775. The molecule has 0 bridgehead atoms. The van der Waals surface area contributed by atoms with Crippen LogP contribution in [0.1, 0.15) is 35.4 Å². The SMILES string of the molecule is Cl.Cl.N[C@H](C(=O)Nc1ccc(-c2ccncc2CC(=O)N2CCCC2)cc1)C(c1ccccc1)c1ccccc1. The predicted molar refractivity (Wildman–Crippen MR) is 165 cm³/mol. The summed E-state index contributed by atoms with van der Waals surface area (Å²) in [5.41, 5.74) is 12.0. The summed E-state index contributed by atoms with van der Waals surface area (Å²) < 4.78 is 0. The monoisotopic (exact) mass is 576 g/mol. The van der Waals surface area contributed by atoms with Gasteiger partial charge in [-0.25, -0.2) is 0 Å². The van der Waals surface area contributed by atoms with E-state index in [0.29, 0.717) is 12.1 Å². The van der Waals surface area contributed by atoms with Gasteiger partial charge in [-0.15, -0.1) is 24.8 Å². The summed E-state index contributed by atoms with van der Waals surface area (Å²) in [5.74, 6) is -0.388. The number of hydrogen-bond acceptors (Lipinski definition) is 4. The maximum Gasteiger partial charge on any atom is 0.242 e. The molecule has 0 aliphatic carbocycles. The molecule has 1 fully saturated rings. The lowest BCUT2D eigenvalue weighted by molar-refractivity contribution is -0.129. The van der Waals surface area contributed by atoms with Crippen LogP contribution >= 0.6 is 24.8 Å². The van der Waals surface area contributed by atoms with E-state index < -0.39 is 6.04 Å². The normalized spacial score (nSPS) is 13.2. The first kappa shape index (κ1) is 30.8. The Kier molecular flexibility index (Phi) is 11.3. The van der Waals surface area contributed by atoms with Gasteiger partial charge in [0.2, 0.25) is 11.8 Å². The third kappa shape index (κ3) is 7.27. The van der Waals surface area contributed by atoms with E-state index in [1.165, 1.54) is 0 Å². The number of nitrogens with zero attached hydrogens (tertiary/aromatic N) is 2. The highest BCUT2D eigenvalue weighted by atomic mass is 35.5. The summed E-state index contributed by atoms with van der Waals surface area (Å²) in [6.07, 6.45) is 5.98. The van der Waals surface area contributed by atoms with Gasteiger partial charge in [-0.3, -0.25) is 14.6 Å². The smallest absolute Gasteiger partial charge is 0.242 e. The van der Waals surface area contributed by atoms with Gasteiger partial charge in [0.15, 0.2) is 0 Å². The van der Waals surface area contributed by atoms with E-state index in [1.807, 2.05) is 95.9 Å². The van der Waals surface area contributed by atoms with E-state index in [4.69, 9.17) is 5.73 Å². The van der Waals surface area contributed by atoms with Gasteiger partial charge in [0.05, 0.1) is 12.5 Å². The summed E-state index contributed by atoms with van der Waals surface area (Å²) in [4.78, 5) is 32.2. The number of anilines is 1. The minimum absolute atomic E-state index is 0. The topological polar surface area (TPSA) is 88.3 Å². The maximum absolute atomic E-state index is 13.3. The van der Waals surface area contributed by atoms with Crippen LogP contribution < -0.4 is 11.1 Å². The molecule has 4 aromatic rings. The number of carbonyl (C=O) groups is 2. The lowest BCUT2D eigenvalue weighted by Crippen LogP contribution is -2.41. The summed E-state index contributed by atoms with van der Waals surface area (Å²) in [7, 11) is 0. The lowest BCUT2D eigenvalue weighted by Gasteiger charge is -2.24. The zero-order valence-electron chi connectivity index (χ0n) is 22.1. The highest BCUT2D eigenvalue weighted by Gasteiger charge is 2.28. The van der Waals surface area contributed by atoms with Gasteiger partial charge < -0.3 is 16.0 Å². The third-order valence-corrected chi connectivity index (χ3v) is 7.15. The number of aromatic nitrogens is 1. The van der Waals surface area contributed by atoms with Gasteiger partial charge in [0, 0.05) is 37.1 Å². The van der Waals surface area contributed by atoms with Gasteiger partial charge in [0.25, 0.3) is 0 Å². The molecule has 1 aliphatic rings. The van der Waals surface area contributed by atoms with Crippen molar-refractivity contribution in [2.75, 3.05) is 18.4 Å². The fraction of sp³-hybridized carbons (Fsp3) is 0.219. The van der Waals surface area contributed by atoms with E-state index in [9.17, 15) is 9.59 Å². The Labute approximate surface area is 247 Å². The van der Waals surface area contributed by atoms with Crippen LogP contribution in [-0.2, 0) is 16.0 Å². The fourth-order valence-electron chi connectivity index (χ4n) is 5.13. The molecule has 1 aromatic heterocycles. The number of nitrogens with two attached hydrogens (primary N) is 1. The Morgan fingerprint density at radius 1 is 0.825 bits per heavy atom. The number of pyridine rings is 1. The summed E-state index contributed by atoms with van der Waals surface area (Å²) in [6, 6.07) is 28.5. The average Bonchev–Trinajstić information content (AvgIpc) is 3.51. The largest absolute Gasteiger partial charge is 0.342 e. The van der Waals surface area contributed by atoms with Gasteiger partial charge >= 0.3 is 0 Å². The van der Waals surface area contributed by atoms with E-state index in [0.717, 1.165) is 53.7 Å². The van der Waals surface area contributed by atoms with Crippen molar-refractivity contribution in [3.05, 3.63) is 120 Å². The predicted octanol–water partition coefficient (Wildman–Crippen LogP) is 5.86.